The fourth-order valence-corrected chi connectivity index (χ4v) is 1.41. The van der Waals surface area contributed by atoms with E-state index >= 15 is 0 Å². The number of hydrogen-bond acceptors (Lipinski definition) is 2. The average Bonchev–Trinajstić information content (AvgIpc) is 2.58. The van der Waals surface area contributed by atoms with Gasteiger partial charge in [0.2, 0.25) is 0 Å². The lowest BCUT2D eigenvalue weighted by atomic mass is 10.3. The summed E-state index contributed by atoms with van der Waals surface area (Å²) in [4.78, 5) is 0. The minimum absolute atomic E-state index is 0.218. The van der Waals surface area contributed by atoms with E-state index in [0.717, 1.165) is 26.1 Å². The second-order valence-electron chi connectivity index (χ2n) is 3.61. The van der Waals surface area contributed by atoms with E-state index in [2.05, 4.69) is 35.1 Å². The normalized spacial score (nSPS) is 13.1. The predicted octanol–water partition coefficient (Wildman–Crippen LogP) is 1.37. The number of aliphatic hydroxyl groups is 1. The molecule has 80 valence electrons. The van der Waals surface area contributed by atoms with Crippen molar-refractivity contribution in [3.8, 4) is 0 Å². The Labute approximate surface area is 85.7 Å². The highest BCUT2D eigenvalue weighted by Crippen LogP contribution is 2.04. The molecule has 0 spiro atoms. The van der Waals surface area contributed by atoms with E-state index in [1.165, 1.54) is 5.69 Å². The molecule has 3 heteroatoms. The Morgan fingerprint density at radius 2 is 2.36 bits per heavy atom. The number of rotatable bonds is 6. The number of aliphatic hydroxyl groups excluding tert-OH is 1. The summed E-state index contributed by atoms with van der Waals surface area (Å²) in [5, 5.41) is 12.5. The summed E-state index contributed by atoms with van der Waals surface area (Å²) in [5.74, 6) is 0. The summed E-state index contributed by atoms with van der Waals surface area (Å²) in [5.41, 5.74) is 1.28. The zero-order valence-corrected chi connectivity index (χ0v) is 9.03. The van der Waals surface area contributed by atoms with E-state index < -0.39 is 0 Å². The van der Waals surface area contributed by atoms with Gasteiger partial charge >= 0.3 is 0 Å². The Morgan fingerprint density at radius 3 is 3.00 bits per heavy atom. The van der Waals surface area contributed by atoms with Crippen molar-refractivity contribution in [2.24, 2.45) is 0 Å². The Morgan fingerprint density at radius 1 is 1.57 bits per heavy atom. The van der Waals surface area contributed by atoms with Gasteiger partial charge in [-0.15, -0.1) is 0 Å². The summed E-state index contributed by atoms with van der Waals surface area (Å²) in [6.07, 6.45) is 2.66. The maximum atomic E-state index is 9.19. The van der Waals surface area contributed by atoms with Crippen LogP contribution in [0.2, 0.25) is 0 Å². The van der Waals surface area contributed by atoms with Gasteiger partial charge in [0, 0.05) is 25.0 Å². The largest absolute Gasteiger partial charge is 0.393 e. The smallest absolute Gasteiger partial charge is 0.0529 e. The van der Waals surface area contributed by atoms with E-state index in [0.29, 0.717) is 0 Å². The first kappa shape index (κ1) is 11.3. The van der Waals surface area contributed by atoms with Crippen LogP contribution in [0.5, 0.6) is 0 Å². The third kappa shape index (κ3) is 3.52. The molecule has 14 heavy (non-hydrogen) atoms. The van der Waals surface area contributed by atoms with Gasteiger partial charge in [-0.2, -0.15) is 0 Å². The number of nitrogens with one attached hydrogen (secondary N) is 1. The van der Waals surface area contributed by atoms with Gasteiger partial charge < -0.3 is 15.0 Å². The van der Waals surface area contributed by atoms with Gasteiger partial charge in [0.1, 0.15) is 0 Å². The fourth-order valence-electron chi connectivity index (χ4n) is 1.41. The SMILES string of the molecule is CCNCc1cccn1CCC(C)O. The maximum absolute atomic E-state index is 9.19. The first-order valence-corrected chi connectivity index (χ1v) is 5.26. The van der Waals surface area contributed by atoms with Crippen LogP contribution in [0.25, 0.3) is 0 Å². The highest BCUT2D eigenvalue weighted by Gasteiger charge is 2.01. The fraction of sp³-hybridized carbons (Fsp3) is 0.636. The molecule has 1 aromatic rings. The summed E-state index contributed by atoms with van der Waals surface area (Å²) in [6.45, 7) is 6.72. The van der Waals surface area contributed by atoms with Crippen LogP contribution in [0.4, 0.5) is 0 Å². The van der Waals surface area contributed by atoms with Gasteiger partial charge in [-0.25, -0.2) is 0 Å². The molecule has 0 aromatic carbocycles. The zero-order chi connectivity index (χ0) is 10.4. The first-order valence-electron chi connectivity index (χ1n) is 5.26. The Hall–Kier alpha value is -0.800. The van der Waals surface area contributed by atoms with Crippen LogP contribution in [0.3, 0.4) is 0 Å². The summed E-state index contributed by atoms with van der Waals surface area (Å²) in [6, 6.07) is 4.17. The molecule has 0 aliphatic carbocycles. The molecule has 1 aromatic heterocycles. The molecule has 0 aliphatic heterocycles. The Bertz CT molecular complexity index is 256. The van der Waals surface area contributed by atoms with Crippen molar-refractivity contribution >= 4 is 0 Å². The van der Waals surface area contributed by atoms with Gasteiger partial charge in [0.05, 0.1) is 6.10 Å². The van der Waals surface area contributed by atoms with Crippen molar-refractivity contribution < 1.29 is 5.11 Å². The minimum Gasteiger partial charge on any atom is -0.393 e. The van der Waals surface area contributed by atoms with Crippen molar-refractivity contribution in [2.45, 2.75) is 39.5 Å². The molecule has 1 unspecified atom stereocenters. The number of nitrogens with zero attached hydrogens (tertiary/aromatic N) is 1. The van der Waals surface area contributed by atoms with E-state index in [4.69, 9.17) is 0 Å². The number of hydrogen-bond donors (Lipinski definition) is 2. The molecule has 1 heterocycles. The third-order valence-electron chi connectivity index (χ3n) is 2.27. The standard InChI is InChI=1S/C11H20N2O/c1-3-12-9-11-5-4-7-13(11)8-6-10(2)14/h4-5,7,10,12,14H,3,6,8-9H2,1-2H3. The van der Waals surface area contributed by atoms with Gasteiger partial charge in [0.25, 0.3) is 0 Å². The lowest BCUT2D eigenvalue weighted by Gasteiger charge is -2.10. The second kappa shape index (κ2) is 5.83. The molecule has 0 saturated heterocycles. The average molecular weight is 196 g/mol. The molecule has 3 nitrogen and oxygen atoms in total. The number of aryl methyl sites for hydroxylation is 1. The monoisotopic (exact) mass is 196 g/mol. The van der Waals surface area contributed by atoms with Crippen LogP contribution in [-0.4, -0.2) is 22.3 Å². The molecule has 0 fully saturated rings. The second-order valence-corrected chi connectivity index (χ2v) is 3.61. The van der Waals surface area contributed by atoms with Gasteiger partial charge in [-0.05, 0) is 32.0 Å². The van der Waals surface area contributed by atoms with Crippen LogP contribution in [0, 0.1) is 0 Å². The van der Waals surface area contributed by atoms with E-state index in [1.54, 1.807) is 0 Å². The van der Waals surface area contributed by atoms with Gasteiger partial charge in [0.15, 0.2) is 0 Å². The topological polar surface area (TPSA) is 37.2 Å². The molecule has 0 amide bonds. The van der Waals surface area contributed by atoms with E-state index in [9.17, 15) is 5.11 Å². The Kier molecular flexibility index (Phi) is 4.70. The summed E-state index contributed by atoms with van der Waals surface area (Å²) in [7, 11) is 0. The van der Waals surface area contributed by atoms with Gasteiger partial charge in [-0.1, -0.05) is 6.92 Å². The molecular weight excluding hydrogens is 176 g/mol. The zero-order valence-electron chi connectivity index (χ0n) is 9.03. The minimum atomic E-state index is -0.218. The lowest BCUT2D eigenvalue weighted by Crippen LogP contribution is -2.16. The first-order chi connectivity index (χ1) is 6.74. The molecule has 0 saturated carbocycles. The van der Waals surface area contributed by atoms with Crippen molar-refractivity contribution in [1.82, 2.24) is 9.88 Å². The van der Waals surface area contributed by atoms with Crippen molar-refractivity contribution in [1.29, 1.82) is 0 Å². The molecule has 1 rings (SSSR count). The number of aromatic nitrogens is 1. The summed E-state index contributed by atoms with van der Waals surface area (Å²) >= 11 is 0. The van der Waals surface area contributed by atoms with Crippen LogP contribution < -0.4 is 5.32 Å². The molecule has 0 radical (unpaired) electrons. The predicted molar refractivity (Wildman–Crippen MR) is 58.1 cm³/mol. The van der Waals surface area contributed by atoms with Crippen LogP contribution in [0.1, 0.15) is 26.0 Å². The highest BCUT2D eigenvalue weighted by atomic mass is 16.3. The van der Waals surface area contributed by atoms with E-state index in [1.807, 2.05) is 6.92 Å². The maximum Gasteiger partial charge on any atom is 0.0529 e. The third-order valence-corrected chi connectivity index (χ3v) is 2.27. The Balaban J connectivity index is 2.45. The van der Waals surface area contributed by atoms with Crippen LogP contribution >= 0.6 is 0 Å². The lowest BCUT2D eigenvalue weighted by molar-refractivity contribution is 0.177. The van der Waals surface area contributed by atoms with E-state index in [-0.39, 0.29) is 6.10 Å². The molecule has 0 bridgehead atoms. The molecule has 0 aliphatic rings. The van der Waals surface area contributed by atoms with Crippen LogP contribution in [-0.2, 0) is 13.1 Å². The van der Waals surface area contributed by atoms with Crippen molar-refractivity contribution in [2.75, 3.05) is 6.54 Å². The molecule has 2 N–H and O–H groups in total. The van der Waals surface area contributed by atoms with Crippen molar-refractivity contribution in [3.05, 3.63) is 24.0 Å². The highest BCUT2D eigenvalue weighted by molar-refractivity contribution is 5.06. The quantitative estimate of drug-likeness (QED) is 0.721. The van der Waals surface area contributed by atoms with Crippen molar-refractivity contribution in [3.63, 3.8) is 0 Å². The molecular formula is C11H20N2O. The van der Waals surface area contributed by atoms with Gasteiger partial charge in [-0.3, -0.25) is 0 Å². The summed E-state index contributed by atoms with van der Waals surface area (Å²) < 4.78 is 2.19. The molecule has 1 atom stereocenters. The van der Waals surface area contributed by atoms with Crippen LogP contribution in [0.15, 0.2) is 18.3 Å².